The molecule has 0 aromatic heterocycles. The summed E-state index contributed by atoms with van der Waals surface area (Å²) < 4.78 is 0. The lowest BCUT2D eigenvalue weighted by molar-refractivity contribution is -0.144. The molecule has 7 atom stereocenters. The van der Waals surface area contributed by atoms with Gasteiger partial charge in [0.2, 0.25) is 0 Å². The quantitative estimate of drug-likeness (QED) is 0.420. The summed E-state index contributed by atoms with van der Waals surface area (Å²) in [5, 5.41) is 10.2. The zero-order valence-electron chi connectivity index (χ0n) is 19.6. The van der Waals surface area contributed by atoms with Crippen LogP contribution in [0.1, 0.15) is 105 Å². The second-order valence-corrected chi connectivity index (χ2v) is 12.8. The Morgan fingerprint density at radius 3 is 2.62 bits per heavy atom. The third kappa shape index (κ3) is 3.77. The Morgan fingerprint density at radius 1 is 1.14 bits per heavy atom. The van der Waals surface area contributed by atoms with E-state index in [1.807, 2.05) is 0 Å². The molecule has 0 heterocycles. The van der Waals surface area contributed by atoms with E-state index in [-0.39, 0.29) is 22.9 Å². The molecular weight excluding hydrogens is 356 g/mol. The summed E-state index contributed by atoms with van der Waals surface area (Å²) in [5.74, 6) is 2.78. The van der Waals surface area contributed by atoms with Gasteiger partial charge in [0.25, 0.3) is 0 Å². The van der Waals surface area contributed by atoms with Crippen molar-refractivity contribution < 1.29 is 9.90 Å². The predicted octanol–water partition coefficient (Wildman–Crippen LogP) is 6.71. The van der Waals surface area contributed by atoms with Crippen LogP contribution in [0, 0.1) is 39.9 Å². The number of hydrogen-bond acceptors (Lipinski definition) is 2. The van der Waals surface area contributed by atoms with Crippen molar-refractivity contribution in [2.24, 2.45) is 39.9 Å². The lowest BCUT2D eigenvalue weighted by Gasteiger charge is -2.57. The van der Waals surface area contributed by atoms with Gasteiger partial charge in [0.15, 0.2) is 0 Å². The van der Waals surface area contributed by atoms with Gasteiger partial charge < -0.3 is 5.11 Å². The van der Waals surface area contributed by atoms with Gasteiger partial charge in [-0.15, -0.1) is 0 Å². The minimum Gasteiger partial charge on any atom is -0.393 e. The van der Waals surface area contributed by atoms with Crippen molar-refractivity contribution in [2.45, 2.75) is 111 Å². The zero-order chi connectivity index (χ0) is 21.0. The lowest BCUT2D eigenvalue weighted by Crippen LogP contribution is -2.54. The van der Waals surface area contributed by atoms with E-state index in [4.69, 9.17) is 0 Å². The van der Waals surface area contributed by atoms with Gasteiger partial charge in [-0.2, -0.15) is 0 Å². The number of aliphatic hydroxyl groups is 1. The summed E-state index contributed by atoms with van der Waals surface area (Å²) in [6, 6.07) is 0. The number of rotatable bonds is 4. The van der Waals surface area contributed by atoms with Gasteiger partial charge >= 0.3 is 0 Å². The molecule has 0 radical (unpaired) electrons. The molecule has 0 aromatic rings. The Hall–Kier alpha value is -0.630. The van der Waals surface area contributed by atoms with Gasteiger partial charge in [-0.1, -0.05) is 59.1 Å². The second-order valence-electron chi connectivity index (χ2n) is 12.8. The smallest absolute Gasteiger partial charge is 0.137 e. The van der Waals surface area contributed by atoms with E-state index < -0.39 is 0 Å². The normalized spacial score (nSPS) is 44.7. The number of unbranched alkanes of at least 4 members (excludes halogenated alkanes) is 1. The van der Waals surface area contributed by atoms with Gasteiger partial charge in [-0.05, 0) is 85.4 Å². The number of Topliss-reactive ketones (excluding diaryl/α,β-unsaturated/α-hetero) is 1. The maximum Gasteiger partial charge on any atom is 0.137 e. The molecule has 6 unspecified atom stereocenters. The van der Waals surface area contributed by atoms with Crippen LogP contribution in [0.15, 0.2) is 11.6 Å². The molecule has 0 bridgehead atoms. The van der Waals surface area contributed by atoms with Gasteiger partial charge in [-0.3, -0.25) is 4.79 Å². The van der Waals surface area contributed by atoms with E-state index in [0.29, 0.717) is 17.1 Å². The molecule has 3 fully saturated rings. The number of aliphatic hydroxyl groups excluding tert-OH is 1. The molecule has 4 rings (SSSR count). The molecule has 4 aliphatic carbocycles. The number of hydrogen-bond donors (Lipinski definition) is 1. The maximum absolute atomic E-state index is 13.6. The molecule has 0 amide bonds. The summed E-state index contributed by atoms with van der Waals surface area (Å²) in [4.78, 5) is 13.6. The standard InChI is InChI=1S/C27H44O2/c1-25(2,3)14-7-6-8-18-10-12-22-21-11-9-19-16-20(28)13-15-26(19,4)24(21)23(29)17-27(18,22)5/h9,18,20-22,24,28H,6-8,10-17H2,1-5H3/t18-,20?,21?,22?,24?,26?,27?/m0/s1. The minimum atomic E-state index is -0.196. The highest BCUT2D eigenvalue weighted by molar-refractivity contribution is 5.85. The first kappa shape index (κ1) is 21.6. The molecule has 2 heteroatoms. The van der Waals surface area contributed by atoms with Crippen molar-refractivity contribution in [1.82, 2.24) is 0 Å². The van der Waals surface area contributed by atoms with Crippen LogP contribution in [0.5, 0.6) is 0 Å². The number of carbonyl (C=O) groups is 1. The van der Waals surface area contributed by atoms with Crippen LogP contribution in [0.3, 0.4) is 0 Å². The van der Waals surface area contributed by atoms with Gasteiger partial charge in [-0.25, -0.2) is 0 Å². The Balaban J connectivity index is 1.49. The van der Waals surface area contributed by atoms with Crippen molar-refractivity contribution in [3.63, 3.8) is 0 Å². The van der Waals surface area contributed by atoms with E-state index in [1.165, 1.54) is 44.1 Å². The van der Waals surface area contributed by atoms with Gasteiger partial charge in [0.1, 0.15) is 5.78 Å². The number of ketones is 1. The number of fused-ring (bicyclic) bond motifs is 5. The predicted molar refractivity (Wildman–Crippen MR) is 120 cm³/mol. The average molecular weight is 401 g/mol. The zero-order valence-corrected chi connectivity index (χ0v) is 19.6. The maximum atomic E-state index is 13.6. The third-order valence-electron chi connectivity index (χ3n) is 9.69. The van der Waals surface area contributed by atoms with Crippen LogP contribution in [-0.2, 0) is 4.79 Å². The second kappa shape index (κ2) is 7.50. The Bertz CT molecular complexity index is 671. The molecule has 0 saturated heterocycles. The molecule has 1 N–H and O–H groups in total. The highest BCUT2D eigenvalue weighted by atomic mass is 16.3. The third-order valence-corrected chi connectivity index (χ3v) is 9.69. The fourth-order valence-corrected chi connectivity index (χ4v) is 8.09. The molecule has 0 spiro atoms. The summed E-state index contributed by atoms with van der Waals surface area (Å²) in [7, 11) is 0. The van der Waals surface area contributed by atoms with Crippen LogP contribution in [0.2, 0.25) is 0 Å². The fourth-order valence-electron chi connectivity index (χ4n) is 8.09. The molecule has 2 nitrogen and oxygen atoms in total. The van der Waals surface area contributed by atoms with Gasteiger partial charge in [0, 0.05) is 12.3 Å². The molecule has 164 valence electrons. The summed E-state index contributed by atoms with van der Waals surface area (Å²) in [6.45, 7) is 11.8. The molecule has 0 aliphatic heterocycles. The largest absolute Gasteiger partial charge is 0.393 e. The minimum absolute atomic E-state index is 0.0192. The van der Waals surface area contributed by atoms with Crippen molar-refractivity contribution in [3.8, 4) is 0 Å². The molecule has 3 saturated carbocycles. The van der Waals surface area contributed by atoms with E-state index in [1.54, 1.807) is 0 Å². The van der Waals surface area contributed by atoms with Crippen LogP contribution in [-0.4, -0.2) is 17.0 Å². The fraction of sp³-hybridized carbons (Fsp3) is 0.889. The summed E-state index contributed by atoms with van der Waals surface area (Å²) >= 11 is 0. The van der Waals surface area contributed by atoms with Crippen LogP contribution in [0.4, 0.5) is 0 Å². The topological polar surface area (TPSA) is 37.3 Å². The molecular formula is C27H44O2. The van der Waals surface area contributed by atoms with Crippen LogP contribution < -0.4 is 0 Å². The van der Waals surface area contributed by atoms with Crippen molar-refractivity contribution in [1.29, 1.82) is 0 Å². The van der Waals surface area contributed by atoms with Crippen molar-refractivity contribution >= 4 is 5.78 Å². The average Bonchev–Trinajstić information content (AvgIpc) is 2.94. The Kier molecular flexibility index (Phi) is 5.59. The Labute approximate surface area is 178 Å². The molecule has 0 aromatic carbocycles. The SMILES string of the molecule is CC(C)(C)CCCC[C@H]1CCC2C3CC=C4CC(O)CCC4(C)C3C(=O)CC21C. The monoisotopic (exact) mass is 400 g/mol. The lowest BCUT2D eigenvalue weighted by atomic mass is 9.47. The van der Waals surface area contributed by atoms with E-state index in [9.17, 15) is 9.90 Å². The number of allylic oxidation sites excluding steroid dienone is 1. The summed E-state index contributed by atoms with van der Waals surface area (Å²) in [5.41, 5.74) is 2.08. The number of carbonyl (C=O) groups excluding carboxylic acids is 1. The van der Waals surface area contributed by atoms with E-state index in [0.717, 1.165) is 43.9 Å². The summed E-state index contributed by atoms with van der Waals surface area (Å²) in [6.07, 6.45) is 14.7. The van der Waals surface area contributed by atoms with Gasteiger partial charge in [0.05, 0.1) is 6.10 Å². The van der Waals surface area contributed by atoms with E-state index in [2.05, 4.69) is 40.7 Å². The first-order valence-corrected chi connectivity index (χ1v) is 12.4. The van der Waals surface area contributed by atoms with Crippen molar-refractivity contribution in [2.75, 3.05) is 0 Å². The highest BCUT2D eigenvalue weighted by Gasteiger charge is 2.61. The van der Waals surface area contributed by atoms with Crippen LogP contribution >= 0.6 is 0 Å². The van der Waals surface area contributed by atoms with E-state index >= 15 is 0 Å². The first-order chi connectivity index (χ1) is 13.5. The van der Waals surface area contributed by atoms with Crippen LogP contribution in [0.25, 0.3) is 0 Å². The highest BCUT2D eigenvalue weighted by Crippen LogP contribution is 2.65. The van der Waals surface area contributed by atoms with Crippen molar-refractivity contribution in [3.05, 3.63) is 11.6 Å². The first-order valence-electron chi connectivity index (χ1n) is 12.4. The molecule has 29 heavy (non-hydrogen) atoms. The Morgan fingerprint density at radius 2 is 1.90 bits per heavy atom. The molecule has 4 aliphatic rings.